The summed E-state index contributed by atoms with van der Waals surface area (Å²) in [5.41, 5.74) is 0.814. The summed E-state index contributed by atoms with van der Waals surface area (Å²) in [4.78, 5) is 12.4. The molecule has 0 bridgehead atoms. The maximum atomic E-state index is 12.8. The van der Waals surface area contributed by atoms with E-state index in [-0.39, 0.29) is 30.4 Å². The van der Waals surface area contributed by atoms with Crippen molar-refractivity contribution < 1.29 is 22.7 Å². The highest BCUT2D eigenvalue weighted by molar-refractivity contribution is 7.89. The molecule has 0 atom stereocenters. The van der Waals surface area contributed by atoms with Crippen LogP contribution in [0.15, 0.2) is 53.4 Å². The molecule has 8 heteroatoms. The Labute approximate surface area is 160 Å². The molecule has 2 rings (SSSR count). The Morgan fingerprint density at radius 1 is 1.04 bits per heavy atom. The maximum Gasteiger partial charge on any atom is 0.243 e. The molecule has 2 aromatic carbocycles. The van der Waals surface area contributed by atoms with E-state index in [4.69, 9.17) is 9.47 Å². The SMILES string of the molecule is CCN(CC(=O)NCc1ccccc1OC)S(=O)(=O)c1ccc(OC)cc1. The van der Waals surface area contributed by atoms with Crippen LogP contribution in [-0.4, -0.2) is 45.9 Å². The standard InChI is InChI=1S/C19H24N2O5S/c1-4-21(27(23,24)17-11-9-16(25-2)10-12-17)14-19(22)20-13-15-7-5-6-8-18(15)26-3/h5-12H,4,13-14H2,1-3H3,(H,20,22). The number of amides is 1. The van der Waals surface area contributed by atoms with Crippen molar-refractivity contribution in [3.63, 3.8) is 0 Å². The van der Waals surface area contributed by atoms with Crippen LogP contribution in [0, 0.1) is 0 Å². The van der Waals surface area contributed by atoms with Gasteiger partial charge in [0.1, 0.15) is 11.5 Å². The van der Waals surface area contributed by atoms with Crippen molar-refractivity contribution in [3.8, 4) is 11.5 Å². The first-order chi connectivity index (χ1) is 12.9. The van der Waals surface area contributed by atoms with Crippen LogP contribution < -0.4 is 14.8 Å². The summed E-state index contributed by atoms with van der Waals surface area (Å²) in [5, 5.41) is 2.74. The first kappa shape index (κ1) is 20.7. The van der Waals surface area contributed by atoms with E-state index in [1.54, 1.807) is 32.2 Å². The van der Waals surface area contributed by atoms with Crippen LogP contribution in [0.3, 0.4) is 0 Å². The lowest BCUT2D eigenvalue weighted by molar-refractivity contribution is -0.121. The minimum Gasteiger partial charge on any atom is -0.497 e. The zero-order valence-corrected chi connectivity index (χ0v) is 16.5. The van der Waals surface area contributed by atoms with Gasteiger partial charge >= 0.3 is 0 Å². The number of nitrogens with zero attached hydrogens (tertiary/aromatic N) is 1. The third kappa shape index (κ3) is 5.21. The van der Waals surface area contributed by atoms with Gasteiger partial charge in [-0.3, -0.25) is 4.79 Å². The fraction of sp³-hybridized carbons (Fsp3) is 0.316. The number of nitrogens with one attached hydrogen (secondary N) is 1. The summed E-state index contributed by atoms with van der Waals surface area (Å²) in [7, 11) is -0.710. The fourth-order valence-corrected chi connectivity index (χ4v) is 3.93. The van der Waals surface area contributed by atoms with Crippen LogP contribution in [0.2, 0.25) is 0 Å². The Kier molecular flexibility index (Phi) is 7.20. The molecule has 0 unspecified atom stereocenters. The molecule has 0 heterocycles. The van der Waals surface area contributed by atoms with Crippen molar-refractivity contribution in [1.82, 2.24) is 9.62 Å². The van der Waals surface area contributed by atoms with Crippen LogP contribution in [0.1, 0.15) is 12.5 Å². The van der Waals surface area contributed by atoms with Crippen molar-refractivity contribution in [2.45, 2.75) is 18.4 Å². The molecule has 0 radical (unpaired) electrons. The molecule has 0 aliphatic rings. The van der Waals surface area contributed by atoms with E-state index in [9.17, 15) is 13.2 Å². The number of benzene rings is 2. The summed E-state index contributed by atoms with van der Waals surface area (Å²) in [6, 6.07) is 13.4. The number of hydrogen-bond donors (Lipinski definition) is 1. The first-order valence-corrected chi connectivity index (χ1v) is 9.89. The Bertz CT molecular complexity index is 866. The molecule has 0 aromatic heterocycles. The second kappa shape index (κ2) is 9.38. The number of likely N-dealkylation sites (N-methyl/N-ethyl adjacent to an activating group) is 1. The zero-order valence-electron chi connectivity index (χ0n) is 15.6. The van der Waals surface area contributed by atoms with E-state index in [1.165, 1.54) is 19.2 Å². The highest BCUT2D eigenvalue weighted by atomic mass is 32.2. The van der Waals surface area contributed by atoms with Gasteiger partial charge < -0.3 is 14.8 Å². The van der Waals surface area contributed by atoms with Crippen LogP contribution >= 0.6 is 0 Å². The molecule has 2 aromatic rings. The summed E-state index contributed by atoms with van der Waals surface area (Å²) in [5.74, 6) is 0.836. The molecule has 1 N–H and O–H groups in total. The lowest BCUT2D eigenvalue weighted by atomic mass is 10.2. The lowest BCUT2D eigenvalue weighted by Gasteiger charge is -2.20. The normalized spacial score (nSPS) is 11.3. The van der Waals surface area contributed by atoms with E-state index in [0.29, 0.717) is 11.5 Å². The van der Waals surface area contributed by atoms with E-state index < -0.39 is 10.0 Å². The Balaban J connectivity index is 2.05. The van der Waals surface area contributed by atoms with Gasteiger partial charge in [0.2, 0.25) is 15.9 Å². The molecule has 146 valence electrons. The molecule has 27 heavy (non-hydrogen) atoms. The lowest BCUT2D eigenvalue weighted by Crippen LogP contribution is -2.40. The second-order valence-electron chi connectivity index (χ2n) is 5.70. The summed E-state index contributed by atoms with van der Waals surface area (Å²) >= 11 is 0. The topological polar surface area (TPSA) is 84.9 Å². The van der Waals surface area contributed by atoms with E-state index in [0.717, 1.165) is 9.87 Å². The maximum absolute atomic E-state index is 12.8. The fourth-order valence-electron chi connectivity index (χ4n) is 2.52. The minimum atomic E-state index is -3.77. The molecular weight excluding hydrogens is 368 g/mol. The van der Waals surface area contributed by atoms with Crippen LogP contribution in [0.5, 0.6) is 11.5 Å². The molecule has 7 nitrogen and oxygen atoms in total. The number of carbonyl (C=O) groups excluding carboxylic acids is 1. The van der Waals surface area contributed by atoms with E-state index in [1.807, 2.05) is 18.2 Å². The Morgan fingerprint density at radius 3 is 2.30 bits per heavy atom. The van der Waals surface area contributed by atoms with Gasteiger partial charge in [0.15, 0.2) is 0 Å². The van der Waals surface area contributed by atoms with Gasteiger partial charge in [-0.1, -0.05) is 25.1 Å². The van der Waals surface area contributed by atoms with Gasteiger partial charge in [-0.25, -0.2) is 8.42 Å². The Morgan fingerprint density at radius 2 is 1.70 bits per heavy atom. The summed E-state index contributed by atoms with van der Waals surface area (Å²) in [6.45, 7) is 1.86. The molecule has 0 saturated carbocycles. The molecule has 0 fully saturated rings. The highest BCUT2D eigenvalue weighted by Gasteiger charge is 2.25. The number of methoxy groups -OCH3 is 2. The van der Waals surface area contributed by atoms with Crippen molar-refractivity contribution in [3.05, 3.63) is 54.1 Å². The first-order valence-electron chi connectivity index (χ1n) is 8.45. The van der Waals surface area contributed by atoms with E-state index in [2.05, 4.69) is 5.32 Å². The molecule has 0 spiro atoms. The van der Waals surface area contributed by atoms with Crippen LogP contribution in [0.4, 0.5) is 0 Å². The predicted molar refractivity (Wildman–Crippen MR) is 102 cm³/mol. The Hall–Kier alpha value is -2.58. The molecule has 0 aliphatic heterocycles. The summed E-state index contributed by atoms with van der Waals surface area (Å²) < 4.78 is 36.9. The molecule has 0 aliphatic carbocycles. The van der Waals surface area contributed by atoms with Crippen LogP contribution in [0.25, 0.3) is 0 Å². The van der Waals surface area contributed by atoms with Gasteiger partial charge in [-0.15, -0.1) is 0 Å². The number of hydrogen-bond acceptors (Lipinski definition) is 5. The third-order valence-electron chi connectivity index (χ3n) is 4.04. The largest absolute Gasteiger partial charge is 0.497 e. The monoisotopic (exact) mass is 392 g/mol. The third-order valence-corrected chi connectivity index (χ3v) is 5.97. The molecule has 1 amide bonds. The zero-order chi connectivity index (χ0) is 19.9. The number of carbonyl (C=O) groups is 1. The molecule has 0 saturated heterocycles. The summed E-state index contributed by atoms with van der Waals surface area (Å²) in [6.07, 6.45) is 0. The average Bonchev–Trinajstić information content (AvgIpc) is 2.70. The average molecular weight is 392 g/mol. The van der Waals surface area contributed by atoms with Gasteiger partial charge in [0.25, 0.3) is 0 Å². The second-order valence-corrected chi connectivity index (χ2v) is 7.63. The van der Waals surface area contributed by atoms with E-state index >= 15 is 0 Å². The van der Waals surface area contributed by atoms with Gasteiger partial charge in [-0.05, 0) is 30.3 Å². The van der Waals surface area contributed by atoms with Crippen molar-refractivity contribution >= 4 is 15.9 Å². The van der Waals surface area contributed by atoms with Gasteiger partial charge in [-0.2, -0.15) is 4.31 Å². The van der Waals surface area contributed by atoms with Gasteiger partial charge in [0, 0.05) is 18.7 Å². The van der Waals surface area contributed by atoms with Crippen molar-refractivity contribution in [2.75, 3.05) is 27.3 Å². The number of ether oxygens (including phenoxy) is 2. The quantitative estimate of drug-likeness (QED) is 0.706. The smallest absolute Gasteiger partial charge is 0.243 e. The van der Waals surface area contributed by atoms with Crippen molar-refractivity contribution in [2.24, 2.45) is 0 Å². The van der Waals surface area contributed by atoms with Crippen molar-refractivity contribution in [1.29, 1.82) is 0 Å². The number of sulfonamides is 1. The predicted octanol–water partition coefficient (Wildman–Crippen LogP) is 2.03. The number of rotatable bonds is 9. The molecular formula is C19H24N2O5S. The minimum absolute atomic E-state index is 0.114. The van der Waals surface area contributed by atoms with Crippen LogP contribution in [-0.2, 0) is 21.4 Å². The van der Waals surface area contributed by atoms with Gasteiger partial charge in [0.05, 0.1) is 25.7 Å². The number of para-hydroxylation sites is 1. The highest BCUT2D eigenvalue weighted by Crippen LogP contribution is 2.19.